The molecule has 1 aromatic carbocycles. The third-order valence-electron chi connectivity index (χ3n) is 2.49. The predicted molar refractivity (Wildman–Crippen MR) is 62.0 cm³/mol. The molecule has 0 aliphatic carbocycles. The van der Waals surface area contributed by atoms with Crippen LogP contribution in [0.15, 0.2) is 30.5 Å². The van der Waals surface area contributed by atoms with E-state index in [1.54, 1.807) is 12.3 Å². The number of rotatable bonds is 2. The maximum absolute atomic E-state index is 9.70. The lowest BCUT2D eigenvalue weighted by Gasteiger charge is -2.09. The Hall–Kier alpha value is -1.12. The highest BCUT2D eigenvalue weighted by Crippen LogP contribution is 2.25. The van der Waals surface area contributed by atoms with Gasteiger partial charge in [0.15, 0.2) is 0 Å². The second-order valence-electron chi connectivity index (χ2n) is 3.49. The van der Waals surface area contributed by atoms with Crippen LogP contribution in [0.1, 0.15) is 25.0 Å². The summed E-state index contributed by atoms with van der Waals surface area (Å²) in [6.07, 6.45) is 1.95. The molecule has 0 amide bonds. The highest BCUT2D eigenvalue weighted by atomic mass is 35.5. The molecule has 0 saturated heterocycles. The van der Waals surface area contributed by atoms with Crippen LogP contribution in [-0.4, -0.2) is 10.1 Å². The van der Waals surface area contributed by atoms with Crippen LogP contribution >= 0.6 is 11.6 Å². The summed E-state index contributed by atoms with van der Waals surface area (Å²) in [7, 11) is 0. The molecule has 1 unspecified atom stereocenters. The summed E-state index contributed by atoms with van der Waals surface area (Å²) in [5.41, 5.74) is 1.72. The molecule has 0 fully saturated rings. The Morgan fingerprint density at radius 3 is 2.93 bits per heavy atom. The molecule has 2 rings (SSSR count). The smallest absolute Gasteiger partial charge is 0.0788 e. The standard InChI is InChI=1S/C12H12ClNO/c1-2-12(15)8-3-4-9-10(13)5-6-14-11(9)7-8/h3-7,12,15H,2H2,1H3. The van der Waals surface area contributed by atoms with Crippen molar-refractivity contribution in [3.05, 3.63) is 41.0 Å². The molecular formula is C12H12ClNO. The van der Waals surface area contributed by atoms with Crippen molar-refractivity contribution < 1.29 is 5.11 Å². The van der Waals surface area contributed by atoms with E-state index in [2.05, 4.69) is 4.98 Å². The molecular weight excluding hydrogens is 210 g/mol. The molecule has 0 spiro atoms. The number of halogens is 1. The number of pyridine rings is 1. The third kappa shape index (κ3) is 1.96. The van der Waals surface area contributed by atoms with Gasteiger partial charge in [0.2, 0.25) is 0 Å². The molecule has 1 atom stereocenters. The molecule has 2 nitrogen and oxygen atoms in total. The van der Waals surface area contributed by atoms with Gasteiger partial charge in [-0.15, -0.1) is 0 Å². The average Bonchev–Trinajstić information content (AvgIpc) is 2.28. The average molecular weight is 222 g/mol. The van der Waals surface area contributed by atoms with Crippen LogP contribution in [0, 0.1) is 0 Å². The van der Waals surface area contributed by atoms with Gasteiger partial charge in [-0.3, -0.25) is 4.98 Å². The predicted octanol–water partition coefficient (Wildman–Crippen LogP) is 3.33. The molecule has 1 N–H and O–H groups in total. The lowest BCUT2D eigenvalue weighted by molar-refractivity contribution is 0.174. The topological polar surface area (TPSA) is 33.1 Å². The zero-order chi connectivity index (χ0) is 10.8. The van der Waals surface area contributed by atoms with E-state index in [1.165, 1.54) is 0 Å². The molecule has 0 bridgehead atoms. The van der Waals surface area contributed by atoms with Crippen LogP contribution in [-0.2, 0) is 0 Å². The first-order chi connectivity index (χ1) is 7.22. The summed E-state index contributed by atoms with van der Waals surface area (Å²) in [5, 5.41) is 11.3. The van der Waals surface area contributed by atoms with Crippen molar-refractivity contribution in [2.75, 3.05) is 0 Å². The van der Waals surface area contributed by atoms with Crippen molar-refractivity contribution in [3.63, 3.8) is 0 Å². The van der Waals surface area contributed by atoms with Crippen LogP contribution in [0.3, 0.4) is 0 Å². The van der Waals surface area contributed by atoms with E-state index >= 15 is 0 Å². The normalized spacial score (nSPS) is 13.0. The van der Waals surface area contributed by atoms with Crippen molar-refractivity contribution >= 4 is 22.5 Å². The molecule has 2 aromatic rings. The van der Waals surface area contributed by atoms with Gasteiger partial charge >= 0.3 is 0 Å². The maximum Gasteiger partial charge on any atom is 0.0788 e. The molecule has 15 heavy (non-hydrogen) atoms. The minimum atomic E-state index is -0.421. The van der Waals surface area contributed by atoms with Gasteiger partial charge in [-0.2, -0.15) is 0 Å². The number of fused-ring (bicyclic) bond motifs is 1. The van der Waals surface area contributed by atoms with Crippen molar-refractivity contribution in [1.82, 2.24) is 4.98 Å². The minimum absolute atomic E-state index is 0.421. The van der Waals surface area contributed by atoms with Crippen LogP contribution < -0.4 is 0 Å². The number of hydrogen-bond acceptors (Lipinski definition) is 2. The summed E-state index contributed by atoms with van der Waals surface area (Å²) in [6, 6.07) is 7.44. The highest BCUT2D eigenvalue weighted by Gasteiger charge is 2.06. The van der Waals surface area contributed by atoms with Crippen LogP contribution in [0.5, 0.6) is 0 Å². The number of aromatic nitrogens is 1. The Morgan fingerprint density at radius 2 is 2.20 bits per heavy atom. The quantitative estimate of drug-likeness (QED) is 0.844. The zero-order valence-electron chi connectivity index (χ0n) is 8.44. The van der Waals surface area contributed by atoms with Gasteiger partial charge in [0.05, 0.1) is 16.6 Å². The van der Waals surface area contributed by atoms with E-state index in [9.17, 15) is 5.11 Å². The second kappa shape index (κ2) is 4.17. The Bertz CT molecular complexity index is 484. The van der Waals surface area contributed by atoms with Gasteiger partial charge < -0.3 is 5.11 Å². The zero-order valence-corrected chi connectivity index (χ0v) is 9.20. The first-order valence-electron chi connectivity index (χ1n) is 4.94. The minimum Gasteiger partial charge on any atom is -0.388 e. The number of hydrogen-bond donors (Lipinski definition) is 1. The van der Waals surface area contributed by atoms with E-state index in [1.807, 2.05) is 25.1 Å². The number of aliphatic hydroxyl groups excluding tert-OH is 1. The van der Waals surface area contributed by atoms with E-state index in [4.69, 9.17) is 11.6 Å². The first kappa shape index (κ1) is 10.4. The molecule has 0 radical (unpaired) electrons. The lowest BCUT2D eigenvalue weighted by atomic mass is 10.1. The van der Waals surface area contributed by atoms with E-state index < -0.39 is 6.10 Å². The van der Waals surface area contributed by atoms with Crippen molar-refractivity contribution in [2.45, 2.75) is 19.4 Å². The first-order valence-corrected chi connectivity index (χ1v) is 5.32. The number of aliphatic hydroxyl groups is 1. The molecule has 0 saturated carbocycles. The van der Waals surface area contributed by atoms with E-state index in [-0.39, 0.29) is 0 Å². The Labute approximate surface area is 93.5 Å². The third-order valence-corrected chi connectivity index (χ3v) is 2.81. The Morgan fingerprint density at radius 1 is 1.40 bits per heavy atom. The van der Waals surface area contributed by atoms with Gasteiger partial charge in [0, 0.05) is 11.6 Å². The molecule has 3 heteroatoms. The molecule has 78 valence electrons. The van der Waals surface area contributed by atoms with Gasteiger partial charge in [-0.1, -0.05) is 30.7 Å². The van der Waals surface area contributed by atoms with Gasteiger partial charge in [-0.05, 0) is 24.1 Å². The monoisotopic (exact) mass is 221 g/mol. The summed E-state index contributed by atoms with van der Waals surface area (Å²) in [5.74, 6) is 0. The van der Waals surface area contributed by atoms with Crippen LogP contribution in [0.4, 0.5) is 0 Å². The fourth-order valence-corrected chi connectivity index (χ4v) is 1.79. The summed E-state index contributed by atoms with van der Waals surface area (Å²) >= 11 is 6.02. The largest absolute Gasteiger partial charge is 0.388 e. The van der Waals surface area contributed by atoms with Gasteiger partial charge in [0.25, 0.3) is 0 Å². The van der Waals surface area contributed by atoms with E-state index in [0.717, 1.165) is 16.5 Å². The summed E-state index contributed by atoms with van der Waals surface area (Å²) in [4.78, 5) is 4.22. The van der Waals surface area contributed by atoms with Gasteiger partial charge in [-0.25, -0.2) is 0 Å². The molecule has 1 aromatic heterocycles. The molecule has 1 heterocycles. The van der Waals surface area contributed by atoms with Crippen molar-refractivity contribution in [3.8, 4) is 0 Å². The van der Waals surface area contributed by atoms with Crippen LogP contribution in [0.2, 0.25) is 5.02 Å². The van der Waals surface area contributed by atoms with Gasteiger partial charge in [0.1, 0.15) is 0 Å². The number of benzene rings is 1. The summed E-state index contributed by atoms with van der Waals surface area (Å²) in [6.45, 7) is 1.94. The van der Waals surface area contributed by atoms with Crippen molar-refractivity contribution in [2.24, 2.45) is 0 Å². The SMILES string of the molecule is CCC(O)c1ccc2c(Cl)ccnc2c1. The summed E-state index contributed by atoms with van der Waals surface area (Å²) < 4.78 is 0. The van der Waals surface area contributed by atoms with Crippen LogP contribution in [0.25, 0.3) is 10.9 Å². The van der Waals surface area contributed by atoms with E-state index in [0.29, 0.717) is 11.4 Å². The molecule has 0 aliphatic rings. The maximum atomic E-state index is 9.70. The lowest BCUT2D eigenvalue weighted by Crippen LogP contribution is -1.95. The fourth-order valence-electron chi connectivity index (χ4n) is 1.57. The number of nitrogens with zero attached hydrogens (tertiary/aromatic N) is 1. The van der Waals surface area contributed by atoms with Crippen molar-refractivity contribution in [1.29, 1.82) is 0 Å². The molecule has 0 aliphatic heterocycles. The fraction of sp³-hybridized carbons (Fsp3) is 0.250. The Kier molecular flexibility index (Phi) is 2.89. The Balaban J connectivity index is 2.57. The highest BCUT2D eigenvalue weighted by molar-refractivity contribution is 6.35. The second-order valence-corrected chi connectivity index (χ2v) is 3.90.